The molecule has 0 spiro atoms. The van der Waals surface area contributed by atoms with Crippen molar-refractivity contribution in [3.63, 3.8) is 0 Å². The summed E-state index contributed by atoms with van der Waals surface area (Å²) in [6.07, 6.45) is 0. The molecule has 2 nitrogen and oxygen atoms in total. The number of hydrogen-bond acceptors (Lipinski definition) is 2. The van der Waals surface area contributed by atoms with Gasteiger partial charge in [-0.3, -0.25) is 0 Å². The van der Waals surface area contributed by atoms with Crippen molar-refractivity contribution in [1.29, 1.82) is 0 Å². The van der Waals surface area contributed by atoms with E-state index in [4.69, 9.17) is 4.74 Å². The molecular formula is C16H24O2. The van der Waals surface area contributed by atoms with E-state index in [0.29, 0.717) is 5.56 Å². The average molecular weight is 248 g/mol. The van der Waals surface area contributed by atoms with Crippen LogP contribution in [0.15, 0.2) is 18.2 Å². The summed E-state index contributed by atoms with van der Waals surface area (Å²) in [6, 6.07) is 5.95. The van der Waals surface area contributed by atoms with Crippen LogP contribution in [0.4, 0.5) is 0 Å². The first-order valence-corrected chi connectivity index (χ1v) is 6.36. The van der Waals surface area contributed by atoms with Crippen LogP contribution in [0.2, 0.25) is 0 Å². The van der Waals surface area contributed by atoms with E-state index in [-0.39, 0.29) is 11.4 Å². The van der Waals surface area contributed by atoms with Crippen molar-refractivity contribution in [2.45, 2.75) is 59.5 Å². The minimum absolute atomic E-state index is 0.0712. The molecule has 0 aliphatic rings. The lowest BCUT2D eigenvalue weighted by atomic mass is 9.82. The quantitative estimate of drug-likeness (QED) is 0.694. The van der Waals surface area contributed by atoms with Gasteiger partial charge in [0.2, 0.25) is 0 Å². The fraction of sp³-hybridized carbons (Fsp3) is 0.562. The lowest BCUT2D eigenvalue weighted by Gasteiger charge is -2.26. The normalized spacial score (nSPS) is 12.4. The Hall–Kier alpha value is -1.31. The molecule has 0 aliphatic heterocycles. The fourth-order valence-corrected chi connectivity index (χ4v) is 1.89. The van der Waals surface area contributed by atoms with Gasteiger partial charge in [-0.1, -0.05) is 39.0 Å². The highest BCUT2D eigenvalue weighted by Gasteiger charge is 2.26. The molecule has 0 unspecified atom stereocenters. The van der Waals surface area contributed by atoms with Crippen LogP contribution in [-0.4, -0.2) is 11.6 Å². The zero-order chi connectivity index (χ0) is 14.1. The number of aryl methyl sites for hydroxylation is 1. The SMILES string of the molecule is Cc1cccc(C(C)(C)C)c1C(=O)OC(C)(C)C. The molecule has 0 amide bonds. The Morgan fingerprint density at radius 2 is 1.61 bits per heavy atom. The van der Waals surface area contributed by atoms with Crippen molar-refractivity contribution in [3.8, 4) is 0 Å². The first-order valence-electron chi connectivity index (χ1n) is 6.36. The van der Waals surface area contributed by atoms with Gasteiger partial charge < -0.3 is 4.74 Å². The zero-order valence-corrected chi connectivity index (χ0v) is 12.5. The van der Waals surface area contributed by atoms with Crippen LogP contribution in [-0.2, 0) is 10.2 Å². The third kappa shape index (κ3) is 3.59. The van der Waals surface area contributed by atoms with Gasteiger partial charge in [0, 0.05) is 0 Å². The van der Waals surface area contributed by atoms with Gasteiger partial charge in [-0.2, -0.15) is 0 Å². The van der Waals surface area contributed by atoms with Gasteiger partial charge in [-0.05, 0) is 44.2 Å². The first kappa shape index (κ1) is 14.7. The van der Waals surface area contributed by atoms with Gasteiger partial charge in [-0.15, -0.1) is 0 Å². The number of carbonyl (C=O) groups excluding carboxylic acids is 1. The summed E-state index contributed by atoms with van der Waals surface area (Å²) >= 11 is 0. The molecular weight excluding hydrogens is 224 g/mol. The van der Waals surface area contributed by atoms with Crippen LogP contribution in [0, 0.1) is 6.92 Å². The van der Waals surface area contributed by atoms with Crippen LogP contribution < -0.4 is 0 Å². The predicted molar refractivity (Wildman–Crippen MR) is 75.0 cm³/mol. The predicted octanol–water partition coefficient (Wildman–Crippen LogP) is 4.25. The summed E-state index contributed by atoms with van der Waals surface area (Å²) < 4.78 is 5.50. The second kappa shape index (κ2) is 4.75. The van der Waals surface area contributed by atoms with Gasteiger partial charge in [-0.25, -0.2) is 4.79 Å². The molecule has 0 fully saturated rings. The van der Waals surface area contributed by atoms with Crippen molar-refractivity contribution in [2.75, 3.05) is 0 Å². The Balaban J connectivity index is 3.27. The number of rotatable bonds is 1. The molecule has 0 bridgehead atoms. The highest BCUT2D eigenvalue weighted by Crippen LogP contribution is 2.29. The number of ether oxygens (including phenoxy) is 1. The van der Waals surface area contributed by atoms with E-state index in [9.17, 15) is 4.79 Å². The zero-order valence-electron chi connectivity index (χ0n) is 12.5. The largest absolute Gasteiger partial charge is 0.456 e. The maximum Gasteiger partial charge on any atom is 0.339 e. The lowest BCUT2D eigenvalue weighted by Crippen LogP contribution is -2.27. The van der Waals surface area contributed by atoms with Crippen LogP contribution in [0.1, 0.15) is 63.0 Å². The molecule has 1 aromatic carbocycles. The number of hydrogen-bond donors (Lipinski definition) is 0. The molecule has 0 atom stereocenters. The van der Waals surface area contributed by atoms with Gasteiger partial charge in [0.05, 0.1) is 5.56 Å². The number of benzene rings is 1. The Kier molecular flexibility index (Phi) is 3.89. The van der Waals surface area contributed by atoms with Crippen molar-refractivity contribution < 1.29 is 9.53 Å². The number of esters is 1. The minimum Gasteiger partial charge on any atom is -0.456 e. The van der Waals surface area contributed by atoms with E-state index in [0.717, 1.165) is 11.1 Å². The summed E-state index contributed by atoms with van der Waals surface area (Å²) in [6.45, 7) is 13.9. The van der Waals surface area contributed by atoms with Crippen molar-refractivity contribution in [2.24, 2.45) is 0 Å². The average Bonchev–Trinajstić information content (AvgIpc) is 2.12. The third-order valence-corrected chi connectivity index (χ3v) is 2.68. The van der Waals surface area contributed by atoms with Gasteiger partial charge in [0.1, 0.15) is 5.60 Å². The second-order valence-electron chi connectivity index (χ2n) is 6.75. The minimum atomic E-state index is -0.464. The van der Waals surface area contributed by atoms with Crippen molar-refractivity contribution in [1.82, 2.24) is 0 Å². The molecule has 0 aliphatic carbocycles. The molecule has 0 saturated heterocycles. The van der Waals surface area contributed by atoms with Crippen LogP contribution >= 0.6 is 0 Å². The highest BCUT2D eigenvalue weighted by atomic mass is 16.6. The summed E-state index contributed by atoms with van der Waals surface area (Å²) in [7, 11) is 0. The van der Waals surface area contributed by atoms with Crippen LogP contribution in [0.3, 0.4) is 0 Å². The molecule has 1 aromatic rings. The van der Waals surface area contributed by atoms with E-state index in [1.807, 2.05) is 45.9 Å². The van der Waals surface area contributed by atoms with Crippen molar-refractivity contribution in [3.05, 3.63) is 34.9 Å². The smallest absolute Gasteiger partial charge is 0.339 e. The lowest BCUT2D eigenvalue weighted by molar-refractivity contribution is 0.00662. The molecule has 0 aromatic heterocycles. The first-order chi connectivity index (χ1) is 8.02. The Morgan fingerprint density at radius 3 is 2.06 bits per heavy atom. The van der Waals surface area contributed by atoms with Gasteiger partial charge >= 0.3 is 5.97 Å². The second-order valence-corrected chi connectivity index (χ2v) is 6.75. The highest BCUT2D eigenvalue weighted by molar-refractivity contribution is 5.93. The Bertz CT molecular complexity index is 445. The Labute approximate surface area is 110 Å². The summed E-state index contributed by atoms with van der Waals surface area (Å²) in [4.78, 5) is 12.3. The third-order valence-electron chi connectivity index (χ3n) is 2.68. The monoisotopic (exact) mass is 248 g/mol. The number of carbonyl (C=O) groups is 1. The van der Waals surface area contributed by atoms with Gasteiger partial charge in [0.15, 0.2) is 0 Å². The van der Waals surface area contributed by atoms with E-state index >= 15 is 0 Å². The van der Waals surface area contributed by atoms with E-state index < -0.39 is 5.60 Å². The molecule has 100 valence electrons. The maximum atomic E-state index is 12.3. The molecule has 18 heavy (non-hydrogen) atoms. The maximum absolute atomic E-state index is 12.3. The topological polar surface area (TPSA) is 26.3 Å². The summed E-state index contributed by atoms with van der Waals surface area (Å²) in [5.41, 5.74) is 2.18. The molecule has 0 radical (unpaired) electrons. The molecule has 0 N–H and O–H groups in total. The van der Waals surface area contributed by atoms with Gasteiger partial charge in [0.25, 0.3) is 0 Å². The molecule has 2 heteroatoms. The molecule has 0 heterocycles. The summed E-state index contributed by atoms with van der Waals surface area (Å²) in [5.74, 6) is -0.231. The van der Waals surface area contributed by atoms with E-state index in [1.54, 1.807) is 0 Å². The van der Waals surface area contributed by atoms with Crippen LogP contribution in [0.5, 0.6) is 0 Å². The van der Waals surface area contributed by atoms with E-state index in [2.05, 4.69) is 20.8 Å². The fourth-order valence-electron chi connectivity index (χ4n) is 1.89. The molecule has 0 saturated carbocycles. The molecule has 1 rings (SSSR count). The Morgan fingerprint density at radius 1 is 1.06 bits per heavy atom. The van der Waals surface area contributed by atoms with E-state index in [1.165, 1.54) is 0 Å². The summed E-state index contributed by atoms with van der Waals surface area (Å²) in [5, 5.41) is 0. The van der Waals surface area contributed by atoms with Crippen LogP contribution in [0.25, 0.3) is 0 Å². The van der Waals surface area contributed by atoms with Crippen molar-refractivity contribution >= 4 is 5.97 Å². The standard InChI is InChI=1S/C16H24O2/c1-11-9-8-10-12(15(2,3)4)13(11)14(17)18-16(5,6)7/h8-10H,1-7H3.